The van der Waals surface area contributed by atoms with Crippen molar-refractivity contribution in [3.05, 3.63) is 39.4 Å². The van der Waals surface area contributed by atoms with Crippen LogP contribution in [0.4, 0.5) is 0 Å². The first-order valence-electron chi connectivity index (χ1n) is 9.08. The molecule has 1 amide bonds. The Hall–Kier alpha value is -1.88. The van der Waals surface area contributed by atoms with Crippen LogP contribution in [0.2, 0.25) is 5.02 Å². The van der Waals surface area contributed by atoms with Crippen molar-refractivity contribution in [3.8, 4) is 0 Å². The molecule has 26 heavy (non-hydrogen) atoms. The van der Waals surface area contributed by atoms with E-state index in [-0.39, 0.29) is 22.9 Å². The van der Waals surface area contributed by atoms with Crippen LogP contribution in [0.5, 0.6) is 0 Å². The number of fused-ring (bicyclic) bond motifs is 1. The van der Waals surface area contributed by atoms with Gasteiger partial charge in [0.05, 0.1) is 16.9 Å². The number of amides is 1. The minimum Gasteiger partial charge on any atom is -0.333 e. The molecule has 0 N–H and O–H groups in total. The van der Waals surface area contributed by atoms with Crippen molar-refractivity contribution in [1.82, 2.24) is 14.5 Å². The Morgan fingerprint density at radius 1 is 1.31 bits per heavy atom. The Kier molecular flexibility index (Phi) is 6.12. The van der Waals surface area contributed by atoms with Gasteiger partial charge in [-0.15, -0.1) is 0 Å². The van der Waals surface area contributed by atoms with E-state index >= 15 is 0 Å². The van der Waals surface area contributed by atoms with Crippen molar-refractivity contribution < 1.29 is 4.79 Å². The highest BCUT2D eigenvalue weighted by Gasteiger charge is 2.27. The molecule has 0 spiro atoms. The van der Waals surface area contributed by atoms with Crippen LogP contribution in [-0.2, 0) is 11.3 Å². The van der Waals surface area contributed by atoms with Crippen molar-refractivity contribution in [2.24, 2.45) is 5.41 Å². The lowest BCUT2D eigenvalue weighted by Gasteiger charge is -2.31. The molecule has 6 heteroatoms. The summed E-state index contributed by atoms with van der Waals surface area (Å²) in [6.07, 6.45) is 0.449. The zero-order valence-corrected chi connectivity index (χ0v) is 17.2. The number of halogens is 1. The number of hydrogen-bond donors (Lipinski definition) is 0. The first-order valence-corrected chi connectivity index (χ1v) is 9.46. The number of nitrogens with zero attached hydrogens (tertiary/aromatic N) is 3. The summed E-state index contributed by atoms with van der Waals surface area (Å²) in [4.78, 5) is 32.2. The molecule has 1 heterocycles. The van der Waals surface area contributed by atoms with Crippen molar-refractivity contribution in [2.45, 2.75) is 60.5 Å². The molecule has 0 saturated carbocycles. The number of carbonyl (C=O) groups is 1. The highest BCUT2D eigenvalue weighted by molar-refractivity contribution is 6.31. The smallest absolute Gasteiger partial charge is 0.261 e. The SMILES string of the molecule is CCN(C(=O)CC(C)(C)C)C(C)c1nc2ccc(Cl)cc2c(=O)n1CC. The molecule has 0 fully saturated rings. The maximum Gasteiger partial charge on any atom is 0.261 e. The topological polar surface area (TPSA) is 55.2 Å². The number of benzene rings is 1. The van der Waals surface area contributed by atoms with Gasteiger partial charge in [0.15, 0.2) is 0 Å². The van der Waals surface area contributed by atoms with Crippen LogP contribution in [0.15, 0.2) is 23.0 Å². The van der Waals surface area contributed by atoms with Crippen molar-refractivity contribution in [1.29, 1.82) is 0 Å². The standard InChI is InChI=1S/C20H28ClN3O2/c1-7-23(17(25)12-20(4,5)6)13(3)18-22-16-10-9-14(21)11-15(16)19(26)24(18)8-2/h9-11,13H,7-8,12H2,1-6H3. The molecule has 1 aromatic carbocycles. The molecule has 0 radical (unpaired) electrons. The van der Waals surface area contributed by atoms with Gasteiger partial charge in [0.1, 0.15) is 5.82 Å². The molecule has 0 saturated heterocycles. The molecule has 0 aliphatic heterocycles. The number of hydrogen-bond acceptors (Lipinski definition) is 3. The van der Waals surface area contributed by atoms with Crippen LogP contribution in [-0.4, -0.2) is 26.9 Å². The van der Waals surface area contributed by atoms with Crippen LogP contribution >= 0.6 is 11.6 Å². The third-order valence-corrected chi connectivity index (χ3v) is 4.68. The monoisotopic (exact) mass is 377 g/mol. The van der Waals surface area contributed by atoms with E-state index in [1.165, 1.54) is 0 Å². The Morgan fingerprint density at radius 2 is 1.96 bits per heavy atom. The third kappa shape index (κ3) is 4.26. The normalized spacial score (nSPS) is 13.0. The summed E-state index contributed by atoms with van der Waals surface area (Å²) in [5.74, 6) is 0.678. The predicted octanol–water partition coefficient (Wildman–Crippen LogP) is 4.42. The number of carbonyl (C=O) groups excluding carboxylic acids is 1. The molecular formula is C20H28ClN3O2. The average molecular weight is 378 g/mol. The van der Waals surface area contributed by atoms with Crippen molar-refractivity contribution in [3.63, 3.8) is 0 Å². The van der Waals surface area contributed by atoms with E-state index in [1.807, 2.05) is 41.5 Å². The number of aromatic nitrogens is 2. The maximum atomic E-state index is 12.9. The first-order chi connectivity index (χ1) is 12.1. The molecule has 0 aliphatic rings. The fourth-order valence-electron chi connectivity index (χ4n) is 3.20. The summed E-state index contributed by atoms with van der Waals surface area (Å²) in [6.45, 7) is 13.0. The largest absolute Gasteiger partial charge is 0.333 e. The van der Waals surface area contributed by atoms with Gasteiger partial charge in [-0.3, -0.25) is 14.2 Å². The minimum atomic E-state index is -0.289. The molecule has 1 atom stereocenters. The lowest BCUT2D eigenvalue weighted by Crippen LogP contribution is -2.38. The molecular weight excluding hydrogens is 350 g/mol. The van der Waals surface area contributed by atoms with Crippen LogP contribution in [0, 0.1) is 5.41 Å². The highest BCUT2D eigenvalue weighted by atomic mass is 35.5. The summed E-state index contributed by atoms with van der Waals surface area (Å²) in [6, 6.07) is 4.84. The molecule has 1 unspecified atom stereocenters. The van der Waals surface area contributed by atoms with E-state index in [9.17, 15) is 9.59 Å². The van der Waals surface area contributed by atoms with Crippen LogP contribution < -0.4 is 5.56 Å². The molecule has 0 aliphatic carbocycles. The molecule has 1 aromatic heterocycles. The zero-order chi connectivity index (χ0) is 19.6. The summed E-state index contributed by atoms with van der Waals surface area (Å²) in [7, 11) is 0. The second-order valence-electron chi connectivity index (χ2n) is 7.77. The quantitative estimate of drug-likeness (QED) is 0.775. The van der Waals surface area contributed by atoms with Gasteiger partial charge in [-0.2, -0.15) is 0 Å². The molecule has 142 valence electrons. The Labute approximate surface area is 160 Å². The van der Waals surface area contributed by atoms with Crippen molar-refractivity contribution >= 4 is 28.4 Å². The van der Waals surface area contributed by atoms with Gasteiger partial charge in [-0.1, -0.05) is 32.4 Å². The summed E-state index contributed by atoms with van der Waals surface area (Å²) >= 11 is 6.04. The van der Waals surface area contributed by atoms with Gasteiger partial charge in [0.2, 0.25) is 5.91 Å². The van der Waals surface area contributed by atoms with E-state index in [2.05, 4.69) is 0 Å². The summed E-state index contributed by atoms with van der Waals surface area (Å²) in [5, 5.41) is 1.01. The minimum absolute atomic E-state index is 0.0700. The Morgan fingerprint density at radius 3 is 2.50 bits per heavy atom. The van der Waals surface area contributed by atoms with Crippen LogP contribution in [0.1, 0.15) is 59.8 Å². The first kappa shape index (κ1) is 20.4. The summed E-state index contributed by atoms with van der Waals surface area (Å²) in [5.41, 5.74) is 0.383. The van der Waals surface area contributed by atoms with Gasteiger partial charge in [-0.05, 0) is 44.4 Å². The number of rotatable bonds is 5. The van der Waals surface area contributed by atoms with Gasteiger partial charge >= 0.3 is 0 Å². The zero-order valence-electron chi connectivity index (χ0n) is 16.5. The van der Waals surface area contributed by atoms with Gasteiger partial charge in [-0.25, -0.2) is 4.98 Å². The molecule has 2 aromatic rings. The van der Waals surface area contributed by atoms with Crippen molar-refractivity contribution in [2.75, 3.05) is 6.54 Å². The maximum absolute atomic E-state index is 12.9. The highest BCUT2D eigenvalue weighted by Crippen LogP contribution is 2.26. The Bertz CT molecular complexity index is 868. The average Bonchev–Trinajstić information content (AvgIpc) is 2.54. The lowest BCUT2D eigenvalue weighted by molar-refractivity contribution is -0.135. The summed E-state index contributed by atoms with van der Waals surface area (Å²) < 4.78 is 1.64. The van der Waals surface area contributed by atoms with E-state index < -0.39 is 0 Å². The van der Waals surface area contributed by atoms with Crippen LogP contribution in [0.3, 0.4) is 0 Å². The predicted molar refractivity (Wildman–Crippen MR) is 107 cm³/mol. The molecule has 5 nitrogen and oxygen atoms in total. The van der Waals surface area contributed by atoms with E-state index in [0.29, 0.717) is 41.3 Å². The third-order valence-electron chi connectivity index (χ3n) is 4.45. The van der Waals surface area contributed by atoms with Gasteiger partial charge in [0.25, 0.3) is 5.56 Å². The van der Waals surface area contributed by atoms with Gasteiger partial charge in [0, 0.05) is 24.5 Å². The van der Waals surface area contributed by atoms with E-state index in [4.69, 9.17) is 16.6 Å². The Balaban J connectivity index is 2.55. The fourth-order valence-corrected chi connectivity index (χ4v) is 3.37. The van der Waals surface area contributed by atoms with E-state index in [0.717, 1.165) is 0 Å². The second kappa shape index (κ2) is 7.78. The second-order valence-corrected chi connectivity index (χ2v) is 8.21. The van der Waals surface area contributed by atoms with Gasteiger partial charge < -0.3 is 4.90 Å². The molecule has 2 rings (SSSR count). The fraction of sp³-hybridized carbons (Fsp3) is 0.550. The van der Waals surface area contributed by atoms with Crippen LogP contribution in [0.25, 0.3) is 10.9 Å². The van der Waals surface area contributed by atoms with E-state index in [1.54, 1.807) is 27.7 Å². The lowest BCUT2D eigenvalue weighted by atomic mass is 9.91. The molecule has 0 bridgehead atoms.